The highest BCUT2D eigenvalue weighted by molar-refractivity contribution is 7.17. The number of nitrogens with zero attached hydrogens (tertiary/aromatic N) is 2. The zero-order valence-corrected chi connectivity index (χ0v) is 15.7. The summed E-state index contributed by atoms with van der Waals surface area (Å²) in [5.74, 6) is -0.00590. The van der Waals surface area contributed by atoms with Crippen LogP contribution >= 0.6 is 22.9 Å². The molecule has 0 aliphatic carbocycles. The van der Waals surface area contributed by atoms with Crippen molar-refractivity contribution in [2.45, 2.75) is 6.61 Å². The molecule has 134 valence electrons. The van der Waals surface area contributed by atoms with Crippen LogP contribution in [-0.4, -0.2) is 13.0 Å². The average Bonchev–Trinajstić information content (AvgIpc) is 3.12. The van der Waals surface area contributed by atoms with E-state index in [1.807, 2.05) is 0 Å². The van der Waals surface area contributed by atoms with Crippen LogP contribution in [0.4, 0.5) is 15.8 Å². The van der Waals surface area contributed by atoms with E-state index in [1.165, 1.54) is 28.4 Å². The number of carbonyl (C=O) groups is 1. The normalized spacial score (nSPS) is 11.8. The van der Waals surface area contributed by atoms with E-state index in [-0.39, 0.29) is 11.7 Å². The van der Waals surface area contributed by atoms with Crippen molar-refractivity contribution in [2.75, 3.05) is 11.9 Å². The first kappa shape index (κ1) is 17.5. The van der Waals surface area contributed by atoms with Crippen molar-refractivity contribution in [3.63, 3.8) is 0 Å². The predicted molar refractivity (Wildman–Crippen MR) is 104 cm³/mol. The van der Waals surface area contributed by atoms with Crippen molar-refractivity contribution in [2.24, 2.45) is 0 Å². The first-order valence-electron chi connectivity index (χ1n) is 7.98. The number of hydrogen-bond donors (Lipinski definition) is 0. The van der Waals surface area contributed by atoms with Crippen LogP contribution in [0, 0.1) is 12.4 Å². The molecule has 0 fully saturated rings. The molecule has 7 heteroatoms. The zero-order chi connectivity index (χ0) is 19.1. The fraction of sp³-hybridized carbons (Fsp3) is 0.100. The molecule has 2 aromatic carbocycles. The van der Waals surface area contributed by atoms with Gasteiger partial charge in [0.15, 0.2) is 5.69 Å². The van der Waals surface area contributed by atoms with E-state index in [4.69, 9.17) is 22.9 Å². The SMILES string of the molecule is [C-]#[N+]c1ccc(Cl)c(N(C)C(=O)c2cc3c(s2)-c2cc(F)ccc2OC3)c1. The molecule has 0 bridgehead atoms. The minimum atomic E-state index is -0.355. The second kappa shape index (κ2) is 6.69. The number of rotatable bonds is 2. The summed E-state index contributed by atoms with van der Waals surface area (Å²) in [4.78, 5) is 19.1. The Hall–Kier alpha value is -2.88. The molecule has 1 amide bonds. The van der Waals surface area contributed by atoms with Gasteiger partial charge in [0, 0.05) is 23.1 Å². The van der Waals surface area contributed by atoms with Crippen molar-refractivity contribution in [1.82, 2.24) is 0 Å². The molecule has 2 heterocycles. The molecule has 0 spiro atoms. The van der Waals surface area contributed by atoms with E-state index in [2.05, 4.69) is 4.85 Å². The quantitative estimate of drug-likeness (QED) is 0.501. The Labute approximate surface area is 164 Å². The van der Waals surface area contributed by atoms with Gasteiger partial charge in [0.2, 0.25) is 0 Å². The van der Waals surface area contributed by atoms with E-state index in [0.717, 1.165) is 10.4 Å². The lowest BCUT2D eigenvalue weighted by Crippen LogP contribution is -2.25. The third kappa shape index (κ3) is 3.05. The molecule has 0 unspecified atom stereocenters. The second-order valence-electron chi connectivity index (χ2n) is 6.01. The van der Waals surface area contributed by atoms with E-state index in [0.29, 0.717) is 39.2 Å². The second-order valence-corrected chi connectivity index (χ2v) is 7.47. The lowest BCUT2D eigenvalue weighted by atomic mass is 10.1. The predicted octanol–water partition coefficient (Wildman–Crippen LogP) is 5.93. The number of anilines is 1. The maximum atomic E-state index is 13.7. The Morgan fingerprint density at radius 1 is 1.30 bits per heavy atom. The molecule has 4 nitrogen and oxygen atoms in total. The topological polar surface area (TPSA) is 33.9 Å². The Bertz CT molecular complexity index is 1120. The van der Waals surface area contributed by atoms with E-state index in [9.17, 15) is 9.18 Å². The Morgan fingerprint density at radius 3 is 2.89 bits per heavy atom. The monoisotopic (exact) mass is 398 g/mol. The summed E-state index contributed by atoms with van der Waals surface area (Å²) in [6.07, 6.45) is 0. The van der Waals surface area contributed by atoms with Gasteiger partial charge in [-0.05, 0) is 30.3 Å². The van der Waals surface area contributed by atoms with Gasteiger partial charge in [0.05, 0.1) is 22.2 Å². The van der Waals surface area contributed by atoms with Crippen LogP contribution in [0.1, 0.15) is 15.2 Å². The van der Waals surface area contributed by atoms with Crippen LogP contribution in [0.3, 0.4) is 0 Å². The molecular formula is C20H12ClFN2O2S. The fourth-order valence-corrected chi connectivity index (χ4v) is 4.34. The average molecular weight is 399 g/mol. The van der Waals surface area contributed by atoms with Gasteiger partial charge in [-0.3, -0.25) is 4.79 Å². The molecule has 0 N–H and O–H groups in total. The number of amides is 1. The standard InChI is InChI=1S/C20H12ClFN2O2S/c1-23-13-4-5-15(21)16(9-13)24(2)20(25)18-7-11-10-26-17-6-3-12(22)8-14(17)19(11)27-18/h3-9H,10H2,2H3. The van der Waals surface area contributed by atoms with Crippen LogP contribution in [0.25, 0.3) is 15.3 Å². The van der Waals surface area contributed by atoms with Crippen molar-refractivity contribution >= 4 is 40.2 Å². The summed E-state index contributed by atoms with van der Waals surface area (Å²) in [5.41, 5.74) is 2.36. The molecule has 4 rings (SSSR count). The number of halogens is 2. The van der Waals surface area contributed by atoms with Crippen LogP contribution in [-0.2, 0) is 6.61 Å². The van der Waals surface area contributed by atoms with E-state index >= 15 is 0 Å². The molecule has 3 aromatic rings. The number of ether oxygens (including phenoxy) is 1. The van der Waals surface area contributed by atoms with Gasteiger partial charge in [-0.15, -0.1) is 11.3 Å². The first-order valence-corrected chi connectivity index (χ1v) is 9.18. The van der Waals surface area contributed by atoms with Gasteiger partial charge in [-0.25, -0.2) is 9.24 Å². The molecule has 1 aliphatic rings. The Morgan fingerprint density at radius 2 is 2.11 bits per heavy atom. The number of fused-ring (bicyclic) bond motifs is 3. The van der Waals surface area contributed by atoms with Crippen molar-refractivity contribution in [3.8, 4) is 16.2 Å². The molecule has 0 radical (unpaired) electrons. The minimum Gasteiger partial charge on any atom is -0.488 e. The van der Waals surface area contributed by atoms with Gasteiger partial charge in [0.1, 0.15) is 18.2 Å². The van der Waals surface area contributed by atoms with Gasteiger partial charge < -0.3 is 9.64 Å². The Kier molecular flexibility index (Phi) is 4.34. The molecule has 0 saturated heterocycles. The first-order chi connectivity index (χ1) is 13.0. The van der Waals surface area contributed by atoms with Crippen LogP contribution < -0.4 is 9.64 Å². The van der Waals surface area contributed by atoms with Crippen LogP contribution in [0.2, 0.25) is 5.02 Å². The number of benzene rings is 2. The third-order valence-corrected chi connectivity index (χ3v) is 5.83. The number of thiophene rings is 1. The van der Waals surface area contributed by atoms with Crippen molar-refractivity contribution < 1.29 is 13.9 Å². The molecule has 0 saturated carbocycles. The summed E-state index contributed by atoms with van der Waals surface area (Å²) >= 11 is 7.50. The van der Waals surface area contributed by atoms with Crippen molar-refractivity contribution in [3.05, 3.63) is 75.2 Å². The largest absolute Gasteiger partial charge is 0.488 e. The van der Waals surface area contributed by atoms with E-state index < -0.39 is 0 Å². The smallest absolute Gasteiger partial charge is 0.268 e. The lowest BCUT2D eigenvalue weighted by Gasteiger charge is -2.18. The van der Waals surface area contributed by atoms with Gasteiger partial charge in [0.25, 0.3) is 5.91 Å². The highest BCUT2D eigenvalue weighted by Gasteiger charge is 2.25. The summed E-state index contributed by atoms with van der Waals surface area (Å²) in [5, 5.41) is 0.385. The highest BCUT2D eigenvalue weighted by Crippen LogP contribution is 2.43. The summed E-state index contributed by atoms with van der Waals surface area (Å²) in [6.45, 7) is 7.46. The van der Waals surface area contributed by atoms with Gasteiger partial charge in [-0.2, -0.15) is 0 Å². The summed E-state index contributed by atoms with van der Waals surface area (Å²) < 4.78 is 19.3. The molecule has 0 atom stereocenters. The lowest BCUT2D eigenvalue weighted by molar-refractivity contribution is 0.0997. The van der Waals surface area contributed by atoms with Crippen molar-refractivity contribution in [1.29, 1.82) is 0 Å². The maximum absolute atomic E-state index is 13.7. The fourth-order valence-electron chi connectivity index (χ4n) is 2.93. The number of carbonyl (C=O) groups excluding carboxylic acids is 1. The van der Waals surface area contributed by atoms with Gasteiger partial charge in [-0.1, -0.05) is 23.7 Å². The van der Waals surface area contributed by atoms with Gasteiger partial charge >= 0.3 is 0 Å². The number of hydrogen-bond acceptors (Lipinski definition) is 3. The highest BCUT2D eigenvalue weighted by atomic mass is 35.5. The summed E-state index contributed by atoms with van der Waals surface area (Å²) in [7, 11) is 1.61. The maximum Gasteiger partial charge on any atom is 0.268 e. The van der Waals surface area contributed by atoms with Crippen LogP contribution in [0.15, 0.2) is 42.5 Å². The summed E-state index contributed by atoms with van der Waals surface area (Å²) in [6, 6.07) is 10.9. The minimum absolute atomic E-state index is 0.253. The molecule has 1 aliphatic heterocycles. The van der Waals surface area contributed by atoms with Crippen LogP contribution in [0.5, 0.6) is 5.75 Å². The molecule has 27 heavy (non-hydrogen) atoms. The Balaban J connectivity index is 1.72. The van der Waals surface area contributed by atoms with E-state index in [1.54, 1.807) is 37.4 Å². The third-order valence-electron chi connectivity index (χ3n) is 4.31. The molecule has 1 aromatic heterocycles. The zero-order valence-electron chi connectivity index (χ0n) is 14.1. The molecular weight excluding hydrogens is 387 g/mol.